The van der Waals surface area contributed by atoms with Crippen LogP contribution in [0.4, 0.5) is 0 Å². The molecule has 0 bridgehead atoms. The van der Waals surface area contributed by atoms with Gasteiger partial charge in [-0.05, 0) is 0 Å². The van der Waals surface area contributed by atoms with Crippen LogP contribution >= 0.6 is 12.6 Å². The second-order valence-corrected chi connectivity index (χ2v) is 3.97. The molecule has 1 aromatic rings. The molecule has 0 spiro atoms. The maximum absolute atomic E-state index is 4.31. The first-order valence-corrected chi connectivity index (χ1v) is 5.42. The highest BCUT2D eigenvalue weighted by Crippen LogP contribution is 2.11. The van der Waals surface area contributed by atoms with E-state index < -0.39 is 0 Å². The lowest BCUT2D eigenvalue weighted by molar-refractivity contribution is 0.235. The van der Waals surface area contributed by atoms with E-state index in [4.69, 9.17) is 0 Å². The molecule has 3 nitrogen and oxygen atoms in total. The van der Waals surface area contributed by atoms with Gasteiger partial charge in [-0.25, -0.2) is 4.98 Å². The number of fused-ring (bicyclic) bond motifs is 1. The topological polar surface area (TPSA) is 21.1 Å². The Labute approximate surface area is 89.8 Å². The number of nitrogens with zero attached hydrogens (tertiary/aromatic N) is 3. The molecule has 0 atom stereocenters. The van der Waals surface area contributed by atoms with Gasteiger partial charge < -0.3 is 4.57 Å². The van der Waals surface area contributed by atoms with Crippen LogP contribution in [0.5, 0.6) is 0 Å². The molecule has 14 heavy (non-hydrogen) atoms. The van der Waals surface area contributed by atoms with Gasteiger partial charge in [-0.15, -0.1) is 0 Å². The molecule has 2 rings (SSSR count). The molecule has 0 radical (unpaired) electrons. The van der Waals surface area contributed by atoms with E-state index in [0.717, 1.165) is 37.8 Å². The Morgan fingerprint density at radius 2 is 2.43 bits per heavy atom. The lowest BCUT2D eigenvalue weighted by Crippen LogP contribution is -2.35. The van der Waals surface area contributed by atoms with E-state index in [9.17, 15) is 0 Å². The van der Waals surface area contributed by atoms with Gasteiger partial charge in [0.2, 0.25) is 0 Å². The summed E-state index contributed by atoms with van der Waals surface area (Å²) in [5.41, 5.74) is 1.17. The van der Waals surface area contributed by atoms with Gasteiger partial charge in [0.15, 0.2) is 0 Å². The van der Waals surface area contributed by atoms with Crippen LogP contribution in [-0.2, 0) is 13.1 Å². The summed E-state index contributed by atoms with van der Waals surface area (Å²) in [6.45, 7) is 7.95. The highest BCUT2D eigenvalue weighted by atomic mass is 32.1. The predicted molar refractivity (Wildman–Crippen MR) is 60.5 cm³/mol. The SMILES string of the molecule is C=C(CS)CN1CCn2ccnc2C1. The highest BCUT2D eigenvalue weighted by Gasteiger charge is 2.16. The van der Waals surface area contributed by atoms with Crippen molar-refractivity contribution in [3.05, 3.63) is 30.4 Å². The van der Waals surface area contributed by atoms with Crippen LogP contribution in [-0.4, -0.2) is 33.3 Å². The molecule has 0 amide bonds. The summed E-state index contributed by atoms with van der Waals surface area (Å²) >= 11 is 4.21. The molecular weight excluding hydrogens is 194 g/mol. The third-order valence-corrected chi connectivity index (χ3v) is 2.94. The number of aromatic nitrogens is 2. The molecule has 4 heteroatoms. The van der Waals surface area contributed by atoms with Gasteiger partial charge in [0.05, 0.1) is 6.54 Å². The van der Waals surface area contributed by atoms with Crippen molar-refractivity contribution in [3.63, 3.8) is 0 Å². The zero-order valence-corrected chi connectivity index (χ0v) is 9.08. The number of thiol groups is 1. The van der Waals surface area contributed by atoms with E-state index in [1.54, 1.807) is 0 Å². The van der Waals surface area contributed by atoms with Crippen molar-refractivity contribution in [2.45, 2.75) is 13.1 Å². The fraction of sp³-hybridized carbons (Fsp3) is 0.500. The molecule has 0 saturated carbocycles. The molecule has 1 aliphatic rings. The Morgan fingerprint density at radius 1 is 1.57 bits per heavy atom. The van der Waals surface area contributed by atoms with Crippen molar-refractivity contribution in [1.82, 2.24) is 14.5 Å². The average molecular weight is 209 g/mol. The van der Waals surface area contributed by atoms with Crippen LogP contribution < -0.4 is 0 Å². The van der Waals surface area contributed by atoms with E-state index in [1.807, 2.05) is 12.4 Å². The third-order valence-electron chi connectivity index (χ3n) is 2.49. The molecule has 1 aliphatic heterocycles. The van der Waals surface area contributed by atoms with E-state index in [0.29, 0.717) is 0 Å². The molecule has 0 fully saturated rings. The summed E-state index contributed by atoms with van der Waals surface area (Å²) in [4.78, 5) is 6.67. The zero-order valence-electron chi connectivity index (χ0n) is 8.19. The predicted octanol–water partition coefficient (Wildman–Crippen LogP) is 1.18. The van der Waals surface area contributed by atoms with Gasteiger partial charge in [-0.2, -0.15) is 12.6 Å². The summed E-state index contributed by atoms with van der Waals surface area (Å²) < 4.78 is 2.21. The van der Waals surface area contributed by atoms with E-state index >= 15 is 0 Å². The third kappa shape index (κ3) is 2.01. The van der Waals surface area contributed by atoms with Crippen molar-refractivity contribution in [3.8, 4) is 0 Å². The first-order chi connectivity index (χ1) is 6.79. The normalized spacial score (nSPS) is 16.6. The minimum atomic E-state index is 0.769. The summed E-state index contributed by atoms with van der Waals surface area (Å²) in [5.74, 6) is 1.92. The number of hydrogen-bond donors (Lipinski definition) is 1. The molecule has 0 N–H and O–H groups in total. The fourth-order valence-electron chi connectivity index (χ4n) is 1.72. The van der Waals surface area contributed by atoms with Crippen LogP contribution in [0.25, 0.3) is 0 Å². The van der Waals surface area contributed by atoms with Gasteiger partial charge in [-0.1, -0.05) is 12.2 Å². The van der Waals surface area contributed by atoms with Crippen LogP contribution in [0.1, 0.15) is 5.82 Å². The molecule has 0 unspecified atom stereocenters. The minimum Gasteiger partial charge on any atom is -0.333 e. The van der Waals surface area contributed by atoms with Crippen molar-refractivity contribution < 1.29 is 0 Å². The maximum atomic E-state index is 4.31. The summed E-state index contributed by atoms with van der Waals surface area (Å²) in [5, 5.41) is 0. The van der Waals surface area contributed by atoms with Crippen molar-refractivity contribution in [2.24, 2.45) is 0 Å². The number of hydrogen-bond acceptors (Lipinski definition) is 3. The molecule has 76 valence electrons. The Morgan fingerprint density at radius 3 is 3.21 bits per heavy atom. The standard InChI is InChI=1S/C10H15N3S/c1-9(8-14)6-12-4-5-13-3-2-11-10(13)7-12/h2-3,14H,1,4-8H2. The maximum Gasteiger partial charge on any atom is 0.122 e. The molecule has 2 heterocycles. The first kappa shape index (κ1) is 9.80. The van der Waals surface area contributed by atoms with Crippen LogP contribution in [0.3, 0.4) is 0 Å². The van der Waals surface area contributed by atoms with Crippen molar-refractivity contribution in [2.75, 3.05) is 18.8 Å². The van der Waals surface area contributed by atoms with Gasteiger partial charge in [0.25, 0.3) is 0 Å². The monoisotopic (exact) mass is 209 g/mol. The first-order valence-electron chi connectivity index (χ1n) is 4.79. The Bertz CT molecular complexity index is 332. The molecule has 0 aliphatic carbocycles. The average Bonchev–Trinajstić information content (AvgIpc) is 2.64. The second-order valence-electron chi connectivity index (χ2n) is 3.66. The van der Waals surface area contributed by atoms with Gasteiger partial charge in [-0.3, -0.25) is 4.90 Å². The van der Waals surface area contributed by atoms with Crippen molar-refractivity contribution >= 4 is 12.6 Å². The van der Waals surface area contributed by atoms with Gasteiger partial charge in [0.1, 0.15) is 5.82 Å². The van der Waals surface area contributed by atoms with Crippen LogP contribution in [0.2, 0.25) is 0 Å². The lowest BCUT2D eigenvalue weighted by Gasteiger charge is -2.27. The van der Waals surface area contributed by atoms with E-state index in [2.05, 4.69) is 33.7 Å². The summed E-state index contributed by atoms with van der Waals surface area (Å²) in [7, 11) is 0. The van der Waals surface area contributed by atoms with E-state index in [-0.39, 0.29) is 0 Å². The number of rotatable bonds is 3. The molecule has 0 aromatic carbocycles. The fourth-order valence-corrected chi connectivity index (χ4v) is 1.82. The number of imidazole rings is 1. The van der Waals surface area contributed by atoms with Crippen molar-refractivity contribution in [1.29, 1.82) is 0 Å². The Balaban J connectivity index is 1.97. The molecular formula is C10H15N3S. The smallest absolute Gasteiger partial charge is 0.122 e. The quantitative estimate of drug-likeness (QED) is 0.596. The Kier molecular flexibility index (Phi) is 2.93. The summed E-state index contributed by atoms with van der Waals surface area (Å²) in [6, 6.07) is 0. The van der Waals surface area contributed by atoms with Gasteiger partial charge >= 0.3 is 0 Å². The lowest BCUT2D eigenvalue weighted by atomic mass is 10.3. The zero-order chi connectivity index (χ0) is 9.97. The summed E-state index contributed by atoms with van der Waals surface area (Å²) in [6.07, 6.45) is 3.91. The highest BCUT2D eigenvalue weighted by molar-refractivity contribution is 7.80. The minimum absolute atomic E-state index is 0.769. The second kappa shape index (κ2) is 4.19. The van der Waals surface area contributed by atoms with Crippen LogP contribution in [0, 0.1) is 0 Å². The molecule has 0 saturated heterocycles. The Hall–Kier alpha value is -0.740. The van der Waals surface area contributed by atoms with Gasteiger partial charge in [0, 0.05) is 37.8 Å². The van der Waals surface area contributed by atoms with Crippen LogP contribution in [0.15, 0.2) is 24.5 Å². The van der Waals surface area contributed by atoms with E-state index in [1.165, 1.54) is 5.57 Å². The molecule has 1 aromatic heterocycles. The largest absolute Gasteiger partial charge is 0.333 e.